The van der Waals surface area contributed by atoms with Gasteiger partial charge in [-0.05, 0) is 45.2 Å². The number of hydrogen-bond acceptors (Lipinski definition) is 6. The van der Waals surface area contributed by atoms with Crippen LogP contribution in [0.1, 0.15) is 25.1 Å². The summed E-state index contributed by atoms with van der Waals surface area (Å²) in [5.41, 5.74) is 0. The van der Waals surface area contributed by atoms with Gasteiger partial charge < -0.3 is 14.9 Å². The van der Waals surface area contributed by atoms with Crippen LogP contribution in [0.5, 0.6) is 0 Å². The van der Waals surface area contributed by atoms with Crippen LogP contribution in [0, 0.1) is 12.8 Å². The Balaban J connectivity index is 1.68. The maximum atomic E-state index is 9.29. The van der Waals surface area contributed by atoms with Crippen LogP contribution < -0.4 is 4.90 Å². The van der Waals surface area contributed by atoms with E-state index >= 15 is 0 Å². The van der Waals surface area contributed by atoms with Gasteiger partial charge in [-0.1, -0.05) is 0 Å². The third kappa shape index (κ3) is 4.23. The molecule has 0 aliphatic carbocycles. The molecular formula is C18H31N5O. The number of aromatic nitrogens is 2. The Morgan fingerprint density at radius 2 is 2.00 bits per heavy atom. The van der Waals surface area contributed by atoms with Crippen LogP contribution in [-0.4, -0.2) is 83.8 Å². The molecule has 2 atom stereocenters. The zero-order valence-corrected chi connectivity index (χ0v) is 15.1. The molecule has 0 saturated carbocycles. The lowest BCUT2D eigenvalue weighted by Crippen LogP contribution is -2.56. The highest BCUT2D eigenvalue weighted by molar-refractivity contribution is 5.38. The van der Waals surface area contributed by atoms with Gasteiger partial charge in [0.2, 0.25) is 0 Å². The summed E-state index contributed by atoms with van der Waals surface area (Å²) >= 11 is 0. The number of hydrogen-bond donors (Lipinski definition) is 1. The third-order valence-electron chi connectivity index (χ3n) is 5.52. The molecule has 0 aromatic carbocycles. The topological polar surface area (TPSA) is 55.7 Å². The van der Waals surface area contributed by atoms with Crippen LogP contribution in [0.4, 0.5) is 5.82 Å². The normalized spacial score (nSPS) is 26.7. The van der Waals surface area contributed by atoms with E-state index in [0.717, 1.165) is 50.7 Å². The van der Waals surface area contributed by atoms with Gasteiger partial charge in [0.15, 0.2) is 0 Å². The average molecular weight is 333 g/mol. The molecule has 24 heavy (non-hydrogen) atoms. The lowest BCUT2D eigenvalue weighted by molar-refractivity contribution is 0.0637. The van der Waals surface area contributed by atoms with E-state index in [-0.39, 0.29) is 0 Å². The summed E-state index contributed by atoms with van der Waals surface area (Å²) in [6.45, 7) is 9.00. The molecule has 0 unspecified atom stereocenters. The number of rotatable bonds is 5. The average Bonchev–Trinajstić information content (AvgIpc) is 2.60. The van der Waals surface area contributed by atoms with Crippen LogP contribution in [-0.2, 0) is 0 Å². The molecule has 0 bridgehead atoms. The van der Waals surface area contributed by atoms with Crippen LogP contribution in [0.3, 0.4) is 0 Å². The predicted molar refractivity (Wildman–Crippen MR) is 96.3 cm³/mol. The van der Waals surface area contributed by atoms with E-state index < -0.39 is 0 Å². The van der Waals surface area contributed by atoms with Gasteiger partial charge in [-0.15, -0.1) is 0 Å². The molecule has 1 aromatic rings. The zero-order chi connectivity index (χ0) is 16.9. The van der Waals surface area contributed by atoms with Crippen LogP contribution >= 0.6 is 0 Å². The van der Waals surface area contributed by atoms with Gasteiger partial charge in [0.05, 0.1) is 0 Å². The number of aryl methyl sites for hydroxylation is 1. The number of aliphatic hydroxyl groups is 1. The largest absolute Gasteiger partial charge is 0.396 e. The Kier molecular flexibility index (Phi) is 6.03. The van der Waals surface area contributed by atoms with Gasteiger partial charge in [0, 0.05) is 58.1 Å². The summed E-state index contributed by atoms with van der Waals surface area (Å²) < 4.78 is 0. The Labute approximate surface area is 145 Å². The van der Waals surface area contributed by atoms with E-state index in [9.17, 15) is 5.11 Å². The summed E-state index contributed by atoms with van der Waals surface area (Å²) in [5.74, 6) is 2.48. The van der Waals surface area contributed by atoms with Crippen LogP contribution in [0.25, 0.3) is 0 Å². The van der Waals surface area contributed by atoms with E-state index in [0.29, 0.717) is 18.6 Å². The molecule has 134 valence electrons. The quantitative estimate of drug-likeness (QED) is 0.868. The maximum absolute atomic E-state index is 9.29. The summed E-state index contributed by atoms with van der Waals surface area (Å²) in [4.78, 5) is 16.3. The minimum atomic E-state index is 0.290. The van der Waals surface area contributed by atoms with E-state index in [1.165, 1.54) is 19.5 Å². The smallest absolute Gasteiger partial charge is 0.132 e. The van der Waals surface area contributed by atoms with Crippen molar-refractivity contribution in [2.45, 2.75) is 32.2 Å². The highest BCUT2D eigenvalue weighted by Crippen LogP contribution is 2.29. The number of piperazine rings is 1. The highest BCUT2D eigenvalue weighted by atomic mass is 16.2. The first-order valence-corrected chi connectivity index (χ1v) is 9.25. The highest BCUT2D eigenvalue weighted by Gasteiger charge is 2.34. The first-order chi connectivity index (χ1) is 11.7. The maximum Gasteiger partial charge on any atom is 0.132 e. The molecule has 3 rings (SSSR count). The second kappa shape index (κ2) is 8.23. The van der Waals surface area contributed by atoms with E-state index in [2.05, 4.69) is 31.7 Å². The van der Waals surface area contributed by atoms with Crippen molar-refractivity contribution < 1.29 is 5.11 Å². The van der Waals surface area contributed by atoms with Crippen molar-refractivity contribution in [3.05, 3.63) is 18.1 Å². The van der Waals surface area contributed by atoms with Crippen LogP contribution in [0.2, 0.25) is 0 Å². The van der Waals surface area contributed by atoms with Gasteiger partial charge in [0.25, 0.3) is 0 Å². The first-order valence-electron chi connectivity index (χ1n) is 9.25. The summed E-state index contributed by atoms with van der Waals surface area (Å²) in [6.07, 6.45) is 5.02. The lowest BCUT2D eigenvalue weighted by Gasteiger charge is -2.46. The second-order valence-corrected chi connectivity index (χ2v) is 7.23. The fraction of sp³-hybridized carbons (Fsp3) is 0.778. The zero-order valence-electron chi connectivity index (χ0n) is 15.1. The first kappa shape index (κ1) is 17.6. The van der Waals surface area contributed by atoms with Crippen molar-refractivity contribution in [1.82, 2.24) is 19.8 Å². The Morgan fingerprint density at radius 1 is 1.21 bits per heavy atom. The number of nitrogens with zero attached hydrogens (tertiary/aromatic N) is 5. The Hall–Kier alpha value is -1.24. The Bertz CT molecular complexity index is 518. The number of piperidine rings is 1. The molecule has 0 amide bonds. The van der Waals surface area contributed by atoms with Crippen LogP contribution in [0.15, 0.2) is 12.3 Å². The van der Waals surface area contributed by atoms with Gasteiger partial charge >= 0.3 is 0 Å². The molecule has 6 heteroatoms. The van der Waals surface area contributed by atoms with E-state index in [1.807, 2.05) is 19.2 Å². The molecule has 2 aliphatic rings. The summed E-state index contributed by atoms with van der Waals surface area (Å²) in [5, 5.41) is 9.29. The molecule has 1 aromatic heterocycles. The molecule has 3 heterocycles. The molecule has 1 N–H and O–H groups in total. The SMILES string of the molecule is Cc1nccc(N2CC[C@H](N3CCN(C)CC3)[C@H](CCCO)C2)n1. The minimum Gasteiger partial charge on any atom is -0.396 e. The Morgan fingerprint density at radius 3 is 2.71 bits per heavy atom. The van der Waals surface area contributed by atoms with Crippen molar-refractivity contribution in [3.8, 4) is 0 Å². The van der Waals surface area contributed by atoms with Gasteiger partial charge in [-0.25, -0.2) is 9.97 Å². The second-order valence-electron chi connectivity index (χ2n) is 7.23. The van der Waals surface area contributed by atoms with Gasteiger partial charge in [-0.3, -0.25) is 4.90 Å². The third-order valence-corrected chi connectivity index (χ3v) is 5.52. The van der Waals surface area contributed by atoms with Crippen molar-refractivity contribution in [2.75, 3.05) is 57.8 Å². The molecule has 2 aliphatic heterocycles. The molecule has 0 radical (unpaired) electrons. The standard InChI is InChI=1S/C18H31N5O/c1-15-19-7-5-18(20-15)23-8-6-17(16(14-23)4-3-13-24)22-11-9-21(2)10-12-22/h5,7,16-17,24H,3-4,6,8-14H2,1-2H3/t16-,17+/m1/s1. The van der Waals surface area contributed by atoms with Crippen molar-refractivity contribution in [3.63, 3.8) is 0 Å². The van der Waals surface area contributed by atoms with E-state index in [4.69, 9.17) is 0 Å². The van der Waals surface area contributed by atoms with Crippen molar-refractivity contribution in [1.29, 1.82) is 0 Å². The number of anilines is 1. The fourth-order valence-corrected chi connectivity index (χ4v) is 4.12. The fourth-order valence-electron chi connectivity index (χ4n) is 4.12. The predicted octanol–water partition coefficient (Wildman–Crippen LogP) is 1.000. The van der Waals surface area contributed by atoms with E-state index in [1.54, 1.807) is 0 Å². The number of aliphatic hydroxyl groups excluding tert-OH is 1. The monoisotopic (exact) mass is 333 g/mol. The molecule has 6 nitrogen and oxygen atoms in total. The minimum absolute atomic E-state index is 0.290. The van der Waals surface area contributed by atoms with Crippen molar-refractivity contribution >= 4 is 5.82 Å². The van der Waals surface area contributed by atoms with Gasteiger partial charge in [0.1, 0.15) is 11.6 Å². The molecule has 2 fully saturated rings. The number of likely N-dealkylation sites (N-methyl/N-ethyl adjacent to an activating group) is 1. The lowest BCUT2D eigenvalue weighted by atomic mass is 9.86. The molecule has 2 saturated heterocycles. The molecular weight excluding hydrogens is 302 g/mol. The van der Waals surface area contributed by atoms with Crippen molar-refractivity contribution in [2.24, 2.45) is 5.92 Å². The summed E-state index contributed by atoms with van der Waals surface area (Å²) in [6, 6.07) is 2.66. The molecule has 0 spiro atoms. The van der Waals surface area contributed by atoms with Gasteiger partial charge in [-0.2, -0.15) is 0 Å². The summed E-state index contributed by atoms with van der Waals surface area (Å²) in [7, 11) is 2.21.